The molecule has 102 valence electrons. The SMILES string of the molecule is Cc1ncsc1C(C)NCC(C)N1CCCCC1. The smallest absolute Gasteiger partial charge is 0.0798 e. The molecule has 3 nitrogen and oxygen atoms in total. The van der Waals surface area contributed by atoms with Gasteiger partial charge in [0.05, 0.1) is 11.2 Å². The number of rotatable bonds is 5. The summed E-state index contributed by atoms with van der Waals surface area (Å²) >= 11 is 1.76. The summed E-state index contributed by atoms with van der Waals surface area (Å²) in [6.07, 6.45) is 4.15. The van der Waals surface area contributed by atoms with Gasteiger partial charge in [-0.2, -0.15) is 0 Å². The third-order valence-corrected chi connectivity index (χ3v) is 5.02. The topological polar surface area (TPSA) is 28.2 Å². The largest absolute Gasteiger partial charge is 0.308 e. The molecular weight excluding hydrogens is 242 g/mol. The van der Waals surface area contributed by atoms with Crippen LogP contribution in [0.25, 0.3) is 0 Å². The molecular formula is C14H25N3S. The van der Waals surface area contributed by atoms with Gasteiger partial charge in [-0.05, 0) is 46.7 Å². The highest BCUT2D eigenvalue weighted by Gasteiger charge is 2.18. The monoisotopic (exact) mass is 267 g/mol. The molecule has 2 unspecified atom stereocenters. The predicted octanol–water partition coefficient (Wildman–Crippen LogP) is 2.98. The Labute approximate surface area is 115 Å². The van der Waals surface area contributed by atoms with Crippen LogP contribution in [0.2, 0.25) is 0 Å². The predicted molar refractivity (Wildman–Crippen MR) is 78.2 cm³/mol. The van der Waals surface area contributed by atoms with Gasteiger partial charge in [0.15, 0.2) is 0 Å². The first-order valence-corrected chi connectivity index (χ1v) is 7.94. The Morgan fingerprint density at radius 1 is 1.33 bits per heavy atom. The Morgan fingerprint density at radius 3 is 2.67 bits per heavy atom. The van der Waals surface area contributed by atoms with E-state index in [1.54, 1.807) is 11.3 Å². The van der Waals surface area contributed by atoms with Crippen LogP contribution in [0.1, 0.15) is 49.7 Å². The molecule has 0 spiro atoms. The molecule has 18 heavy (non-hydrogen) atoms. The zero-order chi connectivity index (χ0) is 13.0. The van der Waals surface area contributed by atoms with Gasteiger partial charge in [-0.25, -0.2) is 4.98 Å². The van der Waals surface area contributed by atoms with E-state index >= 15 is 0 Å². The van der Waals surface area contributed by atoms with Crippen LogP contribution in [-0.4, -0.2) is 35.6 Å². The van der Waals surface area contributed by atoms with Gasteiger partial charge >= 0.3 is 0 Å². The highest BCUT2D eigenvalue weighted by molar-refractivity contribution is 7.09. The summed E-state index contributed by atoms with van der Waals surface area (Å²) in [5.41, 5.74) is 3.11. The van der Waals surface area contributed by atoms with Crippen molar-refractivity contribution in [1.29, 1.82) is 0 Å². The van der Waals surface area contributed by atoms with E-state index in [9.17, 15) is 0 Å². The number of aromatic nitrogens is 1. The molecule has 2 rings (SSSR count). The van der Waals surface area contributed by atoms with Crippen molar-refractivity contribution in [3.05, 3.63) is 16.1 Å². The van der Waals surface area contributed by atoms with Crippen molar-refractivity contribution < 1.29 is 0 Å². The van der Waals surface area contributed by atoms with Gasteiger partial charge in [0.2, 0.25) is 0 Å². The number of hydrogen-bond acceptors (Lipinski definition) is 4. The molecule has 2 atom stereocenters. The average molecular weight is 267 g/mol. The summed E-state index contributed by atoms with van der Waals surface area (Å²) < 4.78 is 0. The third kappa shape index (κ3) is 3.53. The van der Waals surface area contributed by atoms with Gasteiger partial charge in [-0.1, -0.05) is 6.42 Å². The van der Waals surface area contributed by atoms with Gasteiger partial charge < -0.3 is 5.32 Å². The van der Waals surface area contributed by atoms with Crippen LogP contribution >= 0.6 is 11.3 Å². The number of likely N-dealkylation sites (tertiary alicyclic amines) is 1. The van der Waals surface area contributed by atoms with E-state index in [0.717, 1.165) is 6.54 Å². The standard InChI is InChI=1S/C14H25N3S/c1-11(17-7-5-4-6-8-17)9-15-12(2)14-13(3)16-10-18-14/h10-12,15H,4-9H2,1-3H3. The summed E-state index contributed by atoms with van der Waals surface area (Å²) in [7, 11) is 0. The Hall–Kier alpha value is -0.450. The highest BCUT2D eigenvalue weighted by Crippen LogP contribution is 2.21. The maximum absolute atomic E-state index is 4.32. The van der Waals surface area contributed by atoms with E-state index in [1.807, 2.05) is 5.51 Å². The molecule has 4 heteroatoms. The molecule has 0 aliphatic carbocycles. The zero-order valence-electron chi connectivity index (χ0n) is 11.8. The molecule has 1 aromatic rings. The minimum Gasteiger partial charge on any atom is -0.308 e. The van der Waals surface area contributed by atoms with Gasteiger partial charge in [-0.3, -0.25) is 4.90 Å². The van der Waals surface area contributed by atoms with Gasteiger partial charge in [-0.15, -0.1) is 11.3 Å². The first-order valence-electron chi connectivity index (χ1n) is 7.06. The van der Waals surface area contributed by atoms with Crippen LogP contribution in [0.5, 0.6) is 0 Å². The fraction of sp³-hybridized carbons (Fsp3) is 0.786. The van der Waals surface area contributed by atoms with Crippen molar-refractivity contribution in [2.75, 3.05) is 19.6 Å². The number of aryl methyl sites for hydroxylation is 1. The van der Waals surface area contributed by atoms with E-state index in [1.165, 1.54) is 42.9 Å². The van der Waals surface area contributed by atoms with Crippen molar-refractivity contribution >= 4 is 11.3 Å². The van der Waals surface area contributed by atoms with Crippen LogP contribution in [0.15, 0.2) is 5.51 Å². The molecule has 0 bridgehead atoms. The zero-order valence-corrected chi connectivity index (χ0v) is 12.6. The Morgan fingerprint density at radius 2 is 2.06 bits per heavy atom. The van der Waals surface area contributed by atoms with E-state index in [-0.39, 0.29) is 0 Å². The molecule has 1 aromatic heterocycles. The van der Waals surface area contributed by atoms with E-state index in [4.69, 9.17) is 0 Å². The molecule has 1 aliphatic rings. The summed E-state index contributed by atoms with van der Waals surface area (Å²) in [6, 6.07) is 1.06. The molecule has 1 saturated heterocycles. The molecule has 0 aromatic carbocycles. The van der Waals surface area contributed by atoms with Crippen molar-refractivity contribution in [3.63, 3.8) is 0 Å². The Bertz CT molecular complexity index is 358. The third-order valence-electron chi connectivity index (χ3n) is 3.91. The number of piperidine rings is 1. The molecule has 1 N–H and O–H groups in total. The van der Waals surface area contributed by atoms with Crippen LogP contribution in [0.3, 0.4) is 0 Å². The second-order valence-electron chi connectivity index (χ2n) is 5.38. The summed E-state index contributed by atoms with van der Waals surface area (Å²) in [5.74, 6) is 0. The van der Waals surface area contributed by atoms with Gasteiger partial charge in [0, 0.05) is 23.5 Å². The lowest BCUT2D eigenvalue weighted by molar-refractivity contribution is 0.168. The number of thiazole rings is 1. The summed E-state index contributed by atoms with van der Waals surface area (Å²) in [5, 5.41) is 3.65. The molecule has 0 amide bonds. The van der Waals surface area contributed by atoms with Crippen molar-refractivity contribution in [1.82, 2.24) is 15.2 Å². The number of nitrogens with zero attached hydrogens (tertiary/aromatic N) is 2. The second-order valence-corrected chi connectivity index (χ2v) is 6.26. The normalized spacial score (nSPS) is 20.8. The maximum Gasteiger partial charge on any atom is 0.0798 e. The minimum atomic E-state index is 0.421. The summed E-state index contributed by atoms with van der Waals surface area (Å²) in [6.45, 7) is 10.3. The van der Waals surface area contributed by atoms with Crippen LogP contribution < -0.4 is 5.32 Å². The minimum absolute atomic E-state index is 0.421. The fourth-order valence-corrected chi connectivity index (χ4v) is 3.49. The maximum atomic E-state index is 4.32. The van der Waals surface area contributed by atoms with Crippen molar-refractivity contribution in [2.45, 2.75) is 52.1 Å². The second kappa shape index (κ2) is 6.64. The molecule has 1 aliphatic heterocycles. The molecule has 2 heterocycles. The lowest BCUT2D eigenvalue weighted by atomic mass is 10.1. The van der Waals surface area contributed by atoms with Gasteiger partial charge in [0.1, 0.15) is 0 Å². The van der Waals surface area contributed by atoms with Crippen molar-refractivity contribution in [3.8, 4) is 0 Å². The molecule has 0 radical (unpaired) electrons. The van der Waals surface area contributed by atoms with E-state index < -0.39 is 0 Å². The average Bonchev–Trinajstić information content (AvgIpc) is 2.83. The Balaban J connectivity index is 1.78. The quantitative estimate of drug-likeness (QED) is 0.889. The first-order chi connectivity index (χ1) is 8.68. The van der Waals surface area contributed by atoms with Crippen molar-refractivity contribution in [2.24, 2.45) is 0 Å². The highest BCUT2D eigenvalue weighted by atomic mass is 32.1. The molecule has 0 saturated carbocycles. The van der Waals surface area contributed by atoms with Crippen LogP contribution in [0.4, 0.5) is 0 Å². The van der Waals surface area contributed by atoms with E-state index in [2.05, 4.69) is 36.0 Å². The van der Waals surface area contributed by atoms with E-state index in [0.29, 0.717) is 12.1 Å². The lowest BCUT2D eigenvalue weighted by Crippen LogP contribution is -2.43. The van der Waals surface area contributed by atoms with Crippen LogP contribution in [-0.2, 0) is 0 Å². The lowest BCUT2D eigenvalue weighted by Gasteiger charge is -2.33. The Kier molecular flexibility index (Phi) is 5.15. The molecule has 1 fully saturated rings. The fourth-order valence-electron chi connectivity index (χ4n) is 2.65. The first kappa shape index (κ1) is 14.0. The van der Waals surface area contributed by atoms with Crippen LogP contribution in [0, 0.1) is 6.92 Å². The number of nitrogens with one attached hydrogen (secondary N) is 1. The number of hydrogen-bond donors (Lipinski definition) is 1. The van der Waals surface area contributed by atoms with Gasteiger partial charge in [0.25, 0.3) is 0 Å². The summed E-state index contributed by atoms with van der Waals surface area (Å²) in [4.78, 5) is 8.31.